The highest BCUT2D eigenvalue weighted by Gasteiger charge is 2.29. The standard InChI is InChI=1S/C31H36F3N7S/c1-20-22(2-3-28-26(20)14-24(17-35)41(28)13-6-21-4-9-36-10-5-21)18-40-11-7-23(8-12-40)39-29-27-15-25(16-31(32,33)34)42-30(27)38-19-37-29/h2-3,14-15,19,21,23,36H,4-13,16,18H2,1H3,(H,37,38,39). The predicted octanol–water partition coefficient (Wildman–Crippen LogP) is 6.40. The maximum Gasteiger partial charge on any atom is 0.393 e. The molecule has 0 saturated carbocycles. The van der Waals surface area contributed by atoms with Crippen LogP contribution < -0.4 is 10.6 Å². The van der Waals surface area contributed by atoms with Crippen LogP contribution in [0.5, 0.6) is 0 Å². The van der Waals surface area contributed by atoms with E-state index < -0.39 is 12.6 Å². The van der Waals surface area contributed by atoms with E-state index in [1.54, 1.807) is 6.07 Å². The van der Waals surface area contributed by atoms with Gasteiger partial charge in [-0.3, -0.25) is 4.90 Å². The molecule has 5 heterocycles. The largest absolute Gasteiger partial charge is 0.393 e. The summed E-state index contributed by atoms with van der Waals surface area (Å²) in [5.41, 5.74) is 4.40. The Labute approximate surface area is 247 Å². The molecule has 2 aliphatic rings. The van der Waals surface area contributed by atoms with E-state index in [0.717, 1.165) is 81.1 Å². The molecule has 0 atom stereocenters. The third-order valence-corrected chi connectivity index (χ3v) is 9.92. The number of halogens is 3. The fourth-order valence-electron chi connectivity index (χ4n) is 6.48. The molecule has 2 fully saturated rings. The Morgan fingerprint density at radius 2 is 1.88 bits per heavy atom. The van der Waals surface area contributed by atoms with Gasteiger partial charge in [0.25, 0.3) is 0 Å². The van der Waals surface area contributed by atoms with Crippen molar-refractivity contribution in [3.63, 3.8) is 0 Å². The van der Waals surface area contributed by atoms with Crippen molar-refractivity contribution in [1.29, 1.82) is 5.26 Å². The Balaban J connectivity index is 1.09. The van der Waals surface area contributed by atoms with Crippen LogP contribution in [-0.2, 0) is 19.5 Å². The Hall–Kier alpha value is -3.20. The molecule has 0 radical (unpaired) electrons. The fraction of sp³-hybridized carbons (Fsp3) is 0.516. The summed E-state index contributed by atoms with van der Waals surface area (Å²) >= 11 is 1.08. The van der Waals surface area contributed by atoms with Crippen molar-refractivity contribution in [2.45, 2.75) is 70.8 Å². The Morgan fingerprint density at radius 1 is 1.10 bits per heavy atom. The maximum atomic E-state index is 12.9. The lowest BCUT2D eigenvalue weighted by Gasteiger charge is -2.33. The SMILES string of the molecule is Cc1c(CN2CCC(Nc3ncnc4sc(CC(F)(F)F)cc34)CC2)ccc2c1cc(C#N)n2CCC1CCNCC1. The minimum Gasteiger partial charge on any atom is -0.367 e. The van der Waals surface area contributed by atoms with E-state index in [9.17, 15) is 18.4 Å². The van der Waals surface area contributed by atoms with Crippen molar-refractivity contribution in [2.24, 2.45) is 5.92 Å². The third kappa shape index (κ3) is 6.41. The zero-order valence-electron chi connectivity index (χ0n) is 23.8. The van der Waals surface area contributed by atoms with Gasteiger partial charge in [-0.25, -0.2) is 9.97 Å². The number of nitriles is 1. The van der Waals surface area contributed by atoms with Gasteiger partial charge in [0.15, 0.2) is 0 Å². The molecular formula is C31H36F3N7S. The van der Waals surface area contributed by atoms with E-state index in [1.807, 2.05) is 0 Å². The molecule has 1 aromatic carbocycles. The van der Waals surface area contributed by atoms with Gasteiger partial charge >= 0.3 is 6.18 Å². The number of alkyl halides is 3. The van der Waals surface area contributed by atoms with Crippen LogP contribution in [0.15, 0.2) is 30.6 Å². The zero-order chi connectivity index (χ0) is 29.3. The minimum absolute atomic E-state index is 0.195. The van der Waals surface area contributed by atoms with Gasteiger partial charge in [0.1, 0.15) is 28.7 Å². The molecule has 3 aromatic heterocycles. The molecule has 0 bridgehead atoms. The number of aromatic nitrogens is 3. The molecular weight excluding hydrogens is 559 g/mol. The van der Waals surface area contributed by atoms with Crippen molar-refractivity contribution in [1.82, 2.24) is 24.8 Å². The summed E-state index contributed by atoms with van der Waals surface area (Å²) in [5.74, 6) is 1.33. The van der Waals surface area contributed by atoms with Gasteiger partial charge in [-0.05, 0) is 87.4 Å². The van der Waals surface area contributed by atoms with E-state index in [4.69, 9.17) is 0 Å². The molecule has 2 saturated heterocycles. The van der Waals surface area contributed by atoms with Gasteiger partial charge in [0.05, 0.1) is 11.8 Å². The van der Waals surface area contributed by atoms with Gasteiger partial charge in [-0.1, -0.05) is 6.07 Å². The van der Waals surface area contributed by atoms with Crippen LogP contribution >= 0.6 is 11.3 Å². The summed E-state index contributed by atoms with van der Waals surface area (Å²) < 4.78 is 40.9. The van der Waals surface area contributed by atoms with Crippen molar-refractivity contribution >= 4 is 38.3 Å². The van der Waals surface area contributed by atoms with Crippen LogP contribution in [0.4, 0.5) is 19.0 Å². The van der Waals surface area contributed by atoms with Crippen LogP contribution in [-0.4, -0.2) is 57.8 Å². The van der Waals surface area contributed by atoms with Crippen LogP contribution in [0.25, 0.3) is 21.1 Å². The lowest BCUT2D eigenvalue weighted by molar-refractivity contribution is -0.126. The number of nitrogens with zero attached hydrogens (tertiary/aromatic N) is 5. The van der Waals surface area contributed by atoms with Crippen LogP contribution in [0, 0.1) is 24.2 Å². The molecule has 6 rings (SSSR count). The normalized spacial score (nSPS) is 17.7. The lowest BCUT2D eigenvalue weighted by atomic mass is 9.94. The van der Waals surface area contributed by atoms with E-state index in [2.05, 4.69) is 61.3 Å². The molecule has 4 aromatic rings. The number of rotatable bonds is 8. The molecule has 0 aliphatic carbocycles. The summed E-state index contributed by atoms with van der Waals surface area (Å²) in [6.45, 7) is 7.88. The Morgan fingerprint density at radius 3 is 2.62 bits per heavy atom. The first-order valence-corrected chi connectivity index (χ1v) is 15.6. The smallest absolute Gasteiger partial charge is 0.367 e. The molecule has 0 unspecified atom stereocenters. The van der Waals surface area contributed by atoms with E-state index >= 15 is 0 Å². The molecule has 0 amide bonds. The van der Waals surface area contributed by atoms with Crippen molar-refractivity contribution in [2.75, 3.05) is 31.5 Å². The number of hydrogen-bond acceptors (Lipinski definition) is 7. The third-order valence-electron chi connectivity index (χ3n) is 8.88. The van der Waals surface area contributed by atoms with Gasteiger partial charge in [0.2, 0.25) is 0 Å². The minimum atomic E-state index is -4.24. The number of aryl methyl sites for hydroxylation is 2. The molecule has 11 heteroatoms. The number of nitrogens with one attached hydrogen (secondary N) is 2. The average Bonchev–Trinajstić information content (AvgIpc) is 3.55. The van der Waals surface area contributed by atoms with Gasteiger partial charge in [-0.15, -0.1) is 11.3 Å². The predicted molar refractivity (Wildman–Crippen MR) is 161 cm³/mol. The first kappa shape index (κ1) is 28.9. The molecule has 2 N–H and O–H groups in total. The van der Waals surface area contributed by atoms with Crippen LogP contribution in [0.3, 0.4) is 0 Å². The average molecular weight is 596 g/mol. The van der Waals surface area contributed by atoms with Gasteiger partial charge in [0, 0.05) is 48.0 Å². The van der Waals surface area contributed by atoms with E-state index in [0.29, 0.717) is 22.0 Å². The number of hydrogen-bond donors (Lipinski definition) is 2. The first-order valence-electron chi connectivity index (χ1n) is 14.8. The summed E-state index contributed by atoms with van der Waals surface area (Å²) in [7, 11) is 0. The van der Waals surface area contributed by atoms with Gasteiger partial charge in [-0.2, -0.15) is 18.4 Å². The highest BCUT2D eigenvalue weighted by Crippen LogP contribution is 2.33. The van der Waals surface area contributed by atoms with E-state index in [1.165, 1.54) is 35.7 Å². The quantitative estimate of drug-likeness (QED) is 0.246. The highest BCUT2D eigenvalue weighted by molar-refractivity contribution is 7.18. The molecule has 7 nitrogen and oxygen atoms in total. The number of likely N-dealkylation sites (tertiary alicyclic amines) is 1. The Bertz CT molecular complexity index is 1590. The maximum absolute atomic E-state index is 12.9. The number of thiophene rings is 1. The second-order valence-corrected chi connectivity index (χ2v) is 12.8. The monoisotopic (exact) mass is 595 g/mol. The summed E-state index contributed by atoms with van der Waals surface area (Å²) in [5, 5.41) is 18.6. The van der Waals surface area contributed by atoms with Crippen molar-refractivity contribution in [3.05, 3.63) is 52.3 Å². The topological polar surface area (TPSA) is 81.8 Å². The number of benzene rings is 1. The lowest BCUT2D eigenvalue weighted by Crippen LogP contribution is -2.39. The van der Waals surface area contributed by atoms with Crippen LogP contribution in [0.2, 0.25) is 0 Å². The van der Waals surface area contributed by atoms with Crippen LogP contribution in [0.1, 0.15) is 53.8 Å². The fourth-order valence-corrected chi connectivity index (χ4v) is 7.51. The first-order chi connectivity index (χ1) is 20.3. The molecule has 0 spiro atoms. The number of anilines is 1. The second-order valence-electron chi connectivity index (χ2n) is 11.7. The Kier molecular flexibility index (Phi) is 8.39. The van der Waals surface area contributed by atoms with E-state index in [-0.39, 0.29) is 10.9 Å². The number of piperidine rings is 2. The van der Waals surface area contributed by atoms with Crippen molar-refractivity contribution < 1.29 is 13.2 Å². The molecule has 42 heavy (non-hydrogen) atoms. The summed E-state index contributed by atoms with van der Waals surface area (Å²) in [6, 6.07) is 10.6. The zero-order valence-corrected chi connectivity index (χ0v) is 24.6. The number of fused-ring (bicyclic) bond motifs is 2. The second kappa shape index (κ2) is 12.2. The van der Waals surface area contributed by atoms with Crippen molar-refractivity contribution in [3.8, 4) is 6.07 Å². The molecule has 2 aliphatic heterocycles. The summed E-state index contributed by atoms with van der Waals surface area (Å²) in [6.07, 6.45) is 1.57. The summed E-state index contributed by atoms with van der Waals surface area (Å²) in [4.78, 5) is 11.8. The highest BCUT2D eigenvalue weighted by atomic mass is 32.1. The van der Waals surface area contributed by atoms with Gasteiger partial charge < -0.3 is 15.2 Å². The molecule has 222 valence electrons.